The van der Waals surface area contributed by atoms with Gasteiger partial charge >= 0.3 is 5.97 Å². The van der Waals surface area contributed by atoms with Gasteiger partial charge in [-0.3, -0.25) is 14.4 Å². The van der Waals surface area contributed by atoms with Crippen LogP contribution in [0.1, 0.15) is 18.4 Å². The smallest absolute Gasteiger partial charge is 0.305 e. The van der Waals surface area contributed by atoms with E-state index in [-0.39, 0.29) is 44.3 Å². The molecule has 7 nitrogen and oxygen atoms in total. The number of hydrogen-bond acceptors (Lipinski definition) is 4. The van der Waals surface area contributed by atoms with Crippen LogP contribution in [0.3, 0.4) is 0 Å². The minimum atomic E-state index is -1.08. The molecule has 1 fully saturated rings. The Balaban J connectivity index is 2.01. The molecule has 0 radical (unpaired) electrons. The van der Waals surface area contributed by atoms with Crippen molar-refractivity contribution in [2.24, 2.45) is 0 Å². The quantitative estimate of drug-likeness (QED) is 0.724. The fourth-order valence-corrected chi connectivity index (χ4v) is 3.00. The summed E-state index contributed by atoms with van der Waals surface area (Å²) in [5, 5.41) is 18.9. The zero-order valence-corrected chi connectivity index (χ0v) is 14.9. The molecule has 26 heavy (non-hydrogen) atoms. The highest BCUT2D eigenvalue weighted by atomic mass is 35.5. The number of benzene rings is 1. The van der Waals surface area contributed by atoms with Gasteiger partial charge in [0.2, 0.25) is 11.8 Å². The maximum Gasteiger partial charge on any atom is 0.305 e. The molecule has 0 spiro atoms. The fraction of sp³-hybridized carbons (Fsp3) is 0.389. The van der Waals surface area contributed by atoms with Gasteiger partial charge in [0, 0.05) is 37.2 Å². The van der Waals surface area contributed by atoms with Crippen molar-refractivity contribution in [3.05, 3.63) is 40.9 Å². The van der Waals surface area contributed by atoms with Crippen LogP contribution in [0, 0.1) is 0 Å². The van der Waals surface area contributed by atoms with E-state index in [2.05, 4.69) is 0 Å². The largest absolute Gasteiger partial charge is 0.481 e. The predicted molar refractivity (Wildman–Crippen MR) is 96.5 cm³/mol. The van der Waals surface area contributed by atoms with Crippen LogP contribution >= 0.6 is 11.6 Å². The minimum Gasteiger partial charge on any atom is -0.481 e. The van der Waals surface area contributed by atoms with Gasteiger partial charge in [-0.15, -0.1) is 0 Å². The lowest BCUT2D eigenvalue weighted by Crippen LogP contribution is -2.45. The van der Waals surface area contributed by atoms with E-state index in [0.717, 1.165) is 5.56 Å². The normalized spacial score (nSPS) is 16.6. The van der Waals surface area contributed by atoms with Gasteiger partial charge in [-0.2, -0.15) is 0 Å². The number of rotatable bonds is 6. The van der Waals surface area contributed by atoms with E-state index in [1.807, 2.05) is 6.07 Å². The average Bonchev–Trinajstić information content (AvgIpc) is 2.79. The Labute approximate surface area is 156 Å². The van der Waals surface area contributed by atoms with Crippen LogP contribution in [0.5, 0.6) is 0 Å². The molecule has 2 amide bonds. The number of aliphatic hydroxyl groups excluding tert-OH is 1. The molecule has 1 atom stereocenters. The van der Waals surface area contributed by atoms with Gasteiger partial charge in [0.15, 0.2) is 0 Å². The summed E-state index contributed by atoms with van der Waals surface area (Å²) in [6.45, 7) is 0.286. The van der Waals surface area contributed by atoms with E-state index >= 15 is 0 Å². The molecule has 140 valence electrons. The summed E-state index contributed by atoms with van der Waals surface area (Å²) >= 11 is 5.91. The Kier molecular flexibility index (Phi) is 7.17. The van der Waals surface area contributed by atoms with Crippen LogP contribution in [-0.4, -0.2) is 70.1 Å². The number of carbonyl (C=O) groups is 3. The van der Waals surface area contributed by atoms with Crippen LogP contribution < -0.4 is 0 Å². The van der Waals surface area contributed by atoms with Crippen molar-refractivity contribution in [2.75, 3.05) is 26.2 Å². The second-order valence-electron chi connectivity index (χ2n) is 5.99. The minimum absolute atomic E-state index is 0.0901. The molecule has 1 aliphatic rings. The number of aliphatic hydroxyl groups is 1. The first-order valence-electron chi connectivity index (χ1n) is 8.25. The number of halogens is 1. The summed E-state index contributed by atoms with van der Waals surface area (Å²) in [4.78, 5) is 38.4. The van der Waals surface area contributed by atoms with E-state index in [1.165, 1.54) is 15.9 Å². The van der Waals surface area contributed by atoms with Gasteiger partial charge in [-0.05, 0) is 23.8 Å². The van der Waals surface area contributed by atoms with Crippen molar-refractivity contribution in [3.8, 4) is 0 Å². The number of aliphatic carboxylic acids is 1. The van der Waals surface area contributed by atoms with Crippen molar-refractivity contribution in [1.82, 2.24) is 9.80 Å². The van der Waals surface area contributed by atoms with Gasteiger partial charge in [0.1, 0.15) is 0 Å². The third-order valence-corrected chi connectivity index (χ3v) is 4.40. The average molecular weight is 381 g/mol. The Morgan fingerprint density at radius 2 is 2.04 bits per heavy atom. The summed E-state index contributed by atoms with van der Waals surface area (Å²) in [5.41, 5.74) is 0.792. The zero-order valence-electron chi connectivity index (χ0n) is 14.2. The third kappa shape index (κ3) is 5.57. The third-order valence-electron chi connectivity index (χ3n) is 4.17. The highest BCUT2D eigenvalue weighted by Gasteiger charge is 2.29. The second kappa shape index (κ2) is 9.35. The Hall–Kier alpha value is -2.38. The van der Waals surface area contributed by atoms with Crippen molar-refractivity contribution in [2.45, 2.75) is 18.9 Å². The van der Waals surface area contributed by atoms with Gasteiger partial charge in [-0.1, -0.05) is 23.7 Å². The Morgan fingerprint density at radius 3 is 2.69 bits per heavy atom. The second-order valence-corrected chi connectivity index (χ2v) is 6.42. The molecule has 0 bridgehead atoms. The van der Waals surface area contributed by atoms with E-state index in [9.17, 15) is 19.5 Å². The topological polar surface area (TPSA) is 98.2 Å². The van der Waals surface area contributed by atoms with Crippen molar-refractivity contribution < 1.29 is 24.6 Å². The fourth-order valence-electron chi connectivity index (χ4n) is 2.80. The van der Waals surface area contributed by atoms with E-state index in [0.29, 0.717) is 5.02 Å². The molecule has 0 aliphatic carbocycles. The van der Waals surface area contributed by atoms with Crippen molar-refractivity contribution in [3.63, 3.8) is 0 Å². The molecule has 1 aromatic rings. The summed E-state index contributed by atoms with van der Waals surface area (Å²) in [6.07, 6.45) is 2.84. The first-order valence-corrected chi connectivity index (χ1v) is 8.63. The van der Waals surface area contributed by atoms with Crippen LogP contribution in [0.25, 0.3) is 6.08 Å². The molecular weight excluding hydrogens is 360 g/mol. The molecule has 2 N–H and O–H groups in total. The number of carboxylic acid groups (broad SMARTS) is 1. The molecule has 2 rings (SSSR count). The molecule has 1 aliphatic heterocycles. The summed E-state index contributed by atoms with van der Waals surface area (Å²) in [7, 11) is 0. The van der Waals surface area contributed by atoms with Crippen LogP contribution in [0.2, 0.25) is 5.02 Å². The van der Waals surface area contributed by atoms with Crippen molar-refractivity contribution >= 4 is 35.5 Å². The summed E-state index contributed by atoms with van der Waals surface area (Å²) in [6, 6.07) is 6.30. The number of hydrogen-bond donors (Lipinski definition) is 2. The maximum atomic E-state index is 12.4. The standard InChI is InChI=1S/C18H21ClN2O5/c19-14-3-1-2-13(10-14)4-5-16(23)20-7-6-17(24)21(9-8-20)15(12-22)11-18(25)26/h1-5,10,15,22H,6-9,11-12H2,(H,25,26)/b5-4+. The first kappa shape index (κ1) is 19.9. The number of amides is 2. The predicted octanol–water partition coefficient (Wildman–Crippen LogP) is 1.25. The van der Waals surface area contributed by atoms with Crippen LogP contribution in [0.15, 0.2) is 30.3 Å². The lowest BCUT2D eigenvalue weighted by atomic mass is 10.1. The van der Waals surface area contributed by atoms with Crippen LogP contribution in [0.4, 0.5) is 0 Å². The monoisotopic (exact) mass is 380 g/mol. The summed E-state index contributed by atoms with van der Waals surface area (Å²) < 4.78 is 0. The summed E-state index contributed by atoms with van der Waals surface area (Å²) in [5.74, 6) is -1.59. The van der Waals surface area contributed by atoms with Gasteiger partial charge in [0.25, 0.3) is 0 Å². The van der Waals surface area contributed by atoms with E-state index in [1.54, 1.807) is 24.3 Å². The SMILES string of the molecule is O=C(O)CC(CO)N1CCN(C(=O)/C=C/c2cccc(Cl)c2)CCC1=O. The Bertz CT molecular complexity index is 707. The van der Waals surface area contributed by atoms with Crippen molar-refractivity contribution in [1.29, 1.82) is 0 Å². The highest BCUT2D eigenvalue weighted by molar-refractivity contribution is 6.30. The van der Waals surface area contributed by atoms with Crippen LogP contribution in [-0.2, 0) is 14.4 Å². The molecule has 0 saturated carbocycles. The maximum absolute atomic E-state index is 12.4. The molecule has 1 heterocycles. The van der Waals surface area contributed by atoms with Gasteiger partial charge < -0.3 is 20.0 Å². The Morgan fingerprint density at radius 1 is 1.27 bits per heavy atom. The number of carboxylic acids is 1. The molecule has 1 aromatic carbocycles. The lowest BCUT2D eigenvalue weighted by Gasteiger charge is -2.28. The zero-order chi connectivity index (χ0) is 19.1. The molecule has 1 unspecified atom stereocenters. The lowest BCUT2D eigenvalue weighted by molar-refractivity contribution is -0.141. The number of carbonyl (C=O) groups excluding carboxylic acids is 2. The molecule has 8 heteroatoms. The van der Waals surface area contributed by atoms with Gasteiger partial charge in [0.05, 0.1) is 19.1 Å². The number of nitrogens with zero attached hydrogens (tertiary/aromatic N) is 2. The van der Waals surface area contributed by atoms with Gasteiger partial charge in [-0.25, -0.2) is 0 Å². The molecule has 1 saturated heterocycles. The molecule has 0 aromatic heterocycles. The van der Waals surface area contributed by atoms with E-state index < -0.39 is 18.6 Å². The van der Waals surface area contributed by atoms with E-state index in [4.69, 9.17) is 16.7 Å². The highest BCUT2D eigenvalue weighted by Crippen LogP contribution is 2.14. The molecular formula is C18H21ClN2O5. The first-order chi connectivity index (χ1) is 12.4.